The number of amides is 3. The van der Waals surface area contributed by atoms with Crippen molar-refractivity contribution in [1.29, 1.82) is 0 Å². The molecule has 9 nitrogen and oxygen atoms in total. The summed E-state index contributed by atoms with van der Waals surface area (Å²) >= 11 is 0. The van der Waals surface area contributed by atoms with E-state index in [0.29, 0.717) is 22.9 Å². The summed E-state index contributed by atoms with van der Waals surface area (Å²) in [6, 6.07) is 3.10. The molecule has 1 heterocycles. The topological polar surface area (TPSA) is 115 Å². The van der Waals surface area contributed by atoms with Crippen LogP contribution in [0.25, 0.3) is 0 Å². The van der Waals surface area contributed by atoms with Crippen molar-refractivity contribution >= 4 is 23.4 Å². The Labute approximate surface area is 132 Å². The van der Waals surface area contributed by atoms with Crippen LogP contribution in [0.15, 0.2) is 12.1 Å². The SMILES string of the molecule is COc1cc(NC(=O)CC2C(=O)NNC2=O)cc(OC)c1OC. The molecule has 3 amide bonds. The van der Waals surface area contributed by atoms with Crippen molar-refractivity contribution in [1.82, 2.24) is 10.9 Å². The number of carbonyl (C=O) groups excluding carboxylic acids is 3. The zero-order valence-corrected chi connectivity index (χ0v) is 12.9. The molecular formula is C14H17N3O6. The van der Waals surface area contributed by atoms with E-state index in [1.807, 2.05) is 0 Å². The number of anilines is 1. The van der Waals surface area contributed by atoms with Gasteiger partial charge in [-0.3, -0.25) is 25.2 Å². The Hall–Kier alpha value is -2.97. The average molecular weight is 323 g/mol. The van der Waals surface area contributed by atoms with Gasteiger partial charge in [-0.25, -0.2) is 0 Å². The predicted octanol–water partition coefficient (Wildman–Crippen LogP) is -0.182. The minimum Gasteiger partial charge on any atom is -0.493 e. The minimum absolute atomic E-state index is 0.270. The first-order valence-corrected chi connectivity index (χ1v) is 6.69. The standard InChI is InChI=1S/C14H17N3O6/c1-21-9-4-7(5-10(22-2)12(9)23-3)15-11(18)6-8-13(19)16-17-14(8)20/h4-5,8H,6H2,1-3H3,(H,15,18)(H,16,19)(H,17,20). The van der Waals surface area contributed by atoms with E-state index in [1.54, 1.807) is 12.1 Å². The molecule has 0 atom stereocenters. The van der Waals surface area contributed by atoms with Crippen molar-refractivity contribution in [3.8, 4) is 17.2 Å². The first-order valence-electron chi connectivity index (χ1n) is 6.69. The highest BCUT2D eigenvalue weighted by molar-refractivity contribution is 6.09. The van der Waals surface area contributed by atoms with E-state index in [9.17, 15) is 14.4 Å². The number of nitrogens with one attached hydrogen (secondary N) is 3. The first kappa shape index (κ1) is 16.4. The lowest BCUT2D eigenvalue weighted by Gasteiger charge is -2.14. The largest absolute Gasteiger partial charge is 0.493 e. The second-order valence-electron chi connectivity index (χ2n) is 4.70. The second kappa shape index (κ2) is 6.86. The Bertz CT molecular complexity index is 604. The van der Waals surface area contributed by atoms with Gasteiger partial charge in [0.15, 0.2) is 11.5 Å². The number of rotatable bonds is 6. The minimum atomic E-state index is -1.04. The van der Waals surface area contributed by atoms with Gasteiger partial charge < -0.3 is 19.5 Å². The predicted molar refractivity (Wildman–Crippen MR) is 79.1 cm³/mol. The Morgan fingerprint density at radius 3 is 2.00 bits per heavy atom. The second-order valence-corrected chi connectivity index (χ2v) is 4.70. The van der Waals surface area contributed by atoms with Gasteiger partial charge in [0.05, 0.1) is 21.3 Å². The number of carbonyl (C=O) groups is 3. The van der Waals surface area contributed by atoms with E-state index in [4.69, 9.17) is 14.2 Å². The summed E-state index contributed by atoms with van der Waals surface area (Å²) < 4.78 is 15.6. The number of methoxy groups -OCH3 is 3. The molecule has 0 aromatic heterocycles. The number of ether oxygens (including phenoxy) is 3. The van der Waals surface area contributed by atoms with Crippen LogP contribution >= 0.6 is 0 Å². The molecule has 1 saturated heterocycles. The summed E-state index contributed by atoms with van der Waals surface area (Å²) in [5.74, 6) is -1.46. The Kier molecular flexibility index (Phi) is 4.89. The van der Waals surface area contributed by atoms with Crippen molar-refractivity contribution in [2.24, 2.45) is 5.92 Å². The highest BCUT2D eigenvalue weighted by Gasteiger charge is 2.34. The molecule has 1 aliphatic heterocycles. The number of hydrogen-bond donors (Lipinski definition) is 3. The summed E-state index contributed by atoms with van der Waals surface area (Å²) in [5.41, 5.74) is 4.72. The number of hydrazine groups is 1. The van der Waals surface area contributed by atoms with E-state index in [1.165, 1.54) is 21.3 Å². The molecule has 1 aromatic carbocycles. The summed E-state index contributed by atoms with van der Waals surface area (Å²) in [6.07, 6.45) is -0.270. The molecule has 2 rings (SSSR count). The summed E-state index contributed by atoms with van der Waals surface area (Å²) in [6.45, 7) is 0. The third-order valence-corrected chi connectivity index (χ3v) is 3.28. The molecular weight excluding hydrogens is 306 g/mol. The van der Waals surface area contributed by atoms with Gasteiger partial charge in [-0.15, -0.1) is 0 Å². The van der Waals surface area contributed by atoms with E-state index >= 15 is 0 Å². The average Bonchev–Trinajstić information content (AvgIpc) is 2.85. The maximum absolute atomic E-state index is 12.0. The van der Waals surface area contributed by atoms with Gasteiger partial charge >= 0.3 is 0 Å². The molecule has 3 N–H and O–H groups in total. The molecule has 1 aliphatic rings. The van der Waals surface area contributed by atoms with Gasteiger partial charge in [0.1, 0.15) is 5.92 Å². The van der Waals surface area contributed by atoms with Crippen molar-refractivity contribution in [2.45, 2.75) is 6.42 Å². The summed E-state index contributed by atoms with van der Waals surface area (Å²) in [7, 11) is 4.38. The Morgan fingerprint density at radius 1 is 1.04 bits per heavy atom. The molecule has 1 fully saturated rings. The number of hydrogen-bond acceptors (Lipinski definition) is 6. The molecule has 0 saturated carbocycles. The summed E-state index contributed by atoms with van der Waals surface area (Å²) in [4.78, 5) is 34.9. The highest BCUT2D eigenvalue weighted by atomic mass is 16.5. The third kappa shape index (κ3) is 3.44. The fourth-order valence-electron chi connectivity index (χ4n) is 2.15. The van der Waals surface area contributed by atoms with Crippen LogP contribution in [-0.4, -0.2) is 39.1 Å². The van der Waals surface area contributed by atoms with Gasteiger partial charge in [-0.1, -0.05) is 0 Å². The van der Waals surface area contributed by atoms with Crippen LogP contribution in [0.2, 0.25) is 0 Å². The van der Waals surface area contributed by atoms with Crippen LogP contribution in [0, 0.1) is 5.92 Å². The van der Waals surface area contributed by atoms with Crippen molar-refractivity contribution in [3.63, 3.8) is 0 Å². The highest BCUT2D eigenvalue weighted by Crippen LogP contribution is 2.39. The van der Waals surface area contributed by atoms with Crippen molar-refractivity contribution < 1.29 is 28.6 Å². The molecule has 0 unspecified atom stereocenters. The molecule has 124 valence electrons. The van der Waals surface area contributed by atoms with Crippen molar-refractivity contribution in [2.75, 3.05) is 26.6 Å². The fourth-order valence-corrected chi connectivity index (χ4v) is 2.15. The summed E-state index contributed by atoms with van der Waals surface area (Å²) in [5, 5.41) is 2.60. The maximum Gasteiger partial charge on any atom is 0.251 e. The van der Waals surface area contributed by atoms with Crippen LogP contribution in [-0.2, 0) is 14.4 Å². The lowest BCUT2D eigenvalue weighted by Crippen LogP contribution is -2.28. The fraction of sp³-hybridized carbons (Fsp3) is 0.357. The van der Waals surface area contributed by atoms with Crippen LogP contribution in [0.4, 0.5) is 5.69 Å². The van der Waals surface area contributed by atoms with Gasteiger partial charge in [-0.2, -0.15) is 0 Å². The zero-order valence-electron chi connectivity index (χ0n) is 12.9. The van der Waals surface area contributed by atoms with Crippen LogP contribution in [0.5, 0.6) is 17.2 Å². The van der Waals surface area contributed by atoms with Gasteiger partial charge in [0.2, 0.25) is 11.7 Å². The normalized spacial score (nSPS) is 14.0. The van der Waals surface area contributed by atoms with Crippen LogP contribution < -0.4 is 30.4 Å². The molecule has 23 heavy (non-hydrogen) atoms. The monoisotopic (exact) mass is 323 g/mol. The van der Waals surface area contributed by atoms with Crippen LogP contribution in [0.1, 0.15) is 6.42 Å². The van der Waals surface area contributed by atoms with E-state index in [2.05, 4.69) is 16.2 Å². The molecule has 9 heteroatoms. The first-order chi connectivity index (χ1) is 11.0. The molecule has 0 spiro atoms. The van der Waals surface area contributed by atoms with Crippen molar-refractivity contribution in [3.05, 3.63) is 12.1 Å². The smallest absolute Gasteiger partial charge is 0.251 e. The lowest BCUT2D eigenvalue weighted by atomic mass is 10.1. The maximum atomic E-state index is 12.0. The third-order valence-electron chi connectivity index (χ3n) is 3.28. The molecule has 0 aliphatic carbocycles. The van der Waals surface area contributed by atoms with E-state index < -0.39 is 23.6 Å². The quantitative estimate of drug-likeness (QED) is 0.626. The Morgan fingerprint density at radius 2 is 1.57 bits per heavy atom. The molecule has 0 bridgehead atoms. The van der Waals surface area contributed by atoms with Crippen LogP contribution in [0.3, 0.4) is 0 Å². The zero-order chi connectivity index (χ0) is 17.0. The molecule has 0 radical (unpaired) electrons. The lowest BCUT2D eigenvalue weighted by molar-refractivity contribution is -0.131. The van der Waals surface area contributed by atoms with Gasteiger partial charge in [0.25, 0.3) is 11.8 Å². The van der Waals surface area contributed by atoms with Gasteiger partial charge in [-0.05, 0) is 0 Å². The van der Waals surface area contributed by atoms with E-state index in [0.717, 1.165) is 0 Å². The number of benzene rings is 1. The van der Waals surface area contributed by atoms with Gasteiger partial charge in [0, 0.05) is 24.2 Å². The molecule has 1 aromatic rings. The van der Waals surface area contributed by atoms with E-state index in [-0.39, 0.29) is 6.42 Å². The Balaban J connectivity index is 2.14.